The second kappa shape index (κ2) is 6.05. The van der Waals surface area contributed by atoms with Crippen molar-refractivity contribution in [1.82, 2.24) is 0 Å². The van der Waals surface area contributed by atoms with Gasteiger partial charge in [0.25, 0.3) is 0 Å². The van der Waals surface area contributed by atoms with E-state index >= 15 is 0 Å². The molecule has 1 aromatic rings. The van der Waals surface area contributed by atoms with E-state index in [1.807, 2.05) is 32.0 Å². The number of hydrogen-bond acceptors (Lipinski definition) is 4. The van der Waals surface area contributed by atoms with Crippen molar-refractivity contribution in [2.45, 2.75) is 27.2 Å². The van der Waals surface area contributed by atoms with E-state index in [1.54, 1.807) is 0 Å². The lowest BCUT2D eigenvalue weighted by Gasteiger charge is -2.24. The quantitative estimate of drug-likeness (QED) is 0.625. The molecule has 1 heterocycles. The molecule has 2 rings (SSSR count). The van der Waals surface area contributed by atoms with Gasteiger partial charge in [-0.2, -0.15) is 5.06 Å². The van der Waals surface area contributed by atoms with Crippen LogP contribution >= 0.6 is 0 Å². The topological polar surface area (TPSA) is 55.8 Å². The number of amides is 1. The van der Waals surface area contributed by atoms with E-state index in [-0.39, 0.29) is 24.4 Å². The van der Waals surface area contributed by atoms with Crippen molar-refractivity contribution in [3.63, 3.8) is 0 Å². The Morgan fingerprint density at radius 1 is 1.40 bits per heavy atom. The van der Waals surface area contributed by atoms with E-state index < -0.39 is 0 Å². The molecule has 0 bridgehead atoms. The van der Waals surface area contributed by atoms with Crippen molar-refractivity contribution >= 4 is 17.6 Å². The van der Waals surface area contributed by atoms with E-state index in [2.05, 4.69) is 0 Å². The van der Waals surface area contributed by atoms with Crippen molar-refractivity contribution in [3.8, 4) is 0 Å². The molecule has 1 aromatic carbocycles. The minimum absolute atomic E-state index is 0.159. The van der Waals surface area contributed by atoms with Crippen molar-refractivity contribution in [2.75, 3.05) is 18.3 Å². The summed E-state index contributed by atoms with van der Waals surface area (Å²) in [5, 5.41) is 1.27. The fourth-order valence-corrected chi connectivity index (χ4v) is 2.29. The predicted molar refractivity (Wildman–Crippen MR) is 74.1 cm³/mol. The Labute approximate surface area is 118 Å². The van der Waals surface area contributed by atoms with Crippen molar-refractivity contribution < 1.29 is 19.2 Å². The number of rotatable bonds is 4. The van der Waals surface area contributed by atoms with Crippen LogP contribution in [0.2, 0.25) is 0 Å². The van der Waals surface area contributed by atoms with Gasteiger partial charge >= 0.3 is 5.97 Å². The Kier molecular flexibility index (Phi) is 4.39. The number of para-hydroxylation sites is 1. The maximum absolute atomic E-state index is 11.8. The highest BCUT2D eigenvalue weighted by Crippen LogP contribution is 2.26. The highest BCUT2D eigenvalue weighted by Gasteiger charge is 2.28. The SMILES string of the molecule is CC(=O)N(OCC1CCOC1=O)c1c(C)cccc1C. The zero-order valence-electron chi connectivity index (χ0n) is 12.0. The Balaban J connectivity index is 2.15. The van der Waals surface area contributed by atoms with E-state index in [0.717, 1.165) is 16.8 Å². The van der Waals surface area contributed by atoms with Gasteiger partial charge in [-0.05, 0) is 31.4 Å². The van der Waals surface area contributed by atoms with Crippen LogP contribution in [0.1, 0.15) is 24.5 Å². The van der Waals surface area contributed by atoms with Gasteiger partial charge < -0.3 is 4.74 Å². The number of aryl methyl sites for hydroxylation is 2. The first-order valence-corrected chi connectivity index (χ1v) is 6.67. The van der Waals surface area contributed by atoms with E-state index in [4.69, 9.17) is 9.57 Å². The third-order valence-electron chi connectivity index (χ3n) is 3.38. The van der Waals surface area contributed by atoms with Crippen molar-refractivity contribution in [1.29, 1.82) is 0 Å². The number of ether oxygens (including phenoxy) is 1. The first-order valence-electron chi connectivity index (χ1n) is 6.67. The lowest BCUT2D eigenvalue weighted by molar-refractivity contribution is -0.143. The molecule has 1 atom stereocenters. The van der Waals surface area contributed by atoms with Crippen LogP contribution in [0, 0.1) is 19.8 Å². The number of anilines is 1. The summed E-state index contributed by atoms with van der Waals surface area (Å²) in [6.07, 6.45) is 0.636. The van der Waals surface area contributed by atoms with Crippen molar-refractivity contribution in [2.24, 2.45) is 5.92 Å². The van der Waals surface area contributed by atoms with Crippen LogP contribution in [0.5, 0.6) is 0 Å². The fraction of sp³-hybridized carbons (Fsp3) is 0.467. The smallest absolute Gasteiger partial charge is 0.311 e. The van der Waals surface area contributed by atoms with E-state index in [0.29, 0.717) is 13.0 Å². The fourth-order valence-electron chi connectivity index (χ4n) is 2.29. The second-order valence-electron chi connectivity index (χ2n) is 5.00. The molecule has 5 heteroatoms. The Morgan fingerprint density at radius 2 is 2.05 bits per heavy atom. The molecule has 0 saturated carbocycles. The van der Waals surface area contributed by atoms with Crippen LogP contribution in [0.4, 0.5) is 5.69 Å². The molecule has 1 aliphatic rings. The number of benzene rings is 1. The summed E-state index contributed by atoms with van der Waals surface area (Å²) < 4.78 is 4.89. The van der Waals surface area contributed by atoms with Gasteiger partial charge in [0.1, 0.15) is 0 Å². The van der Waals surface area contributed by atoms with Crippen LogP contribution in [-0.4, -0.2) is 25.1 Å². The molecule has 20 heavy (non-hydrogen) atoms. The summed E-state index contributed by atoms with van der Waals surface area (Å²) in [7, 11) is 0. The predicted octanol–water partition coefficient (Wildman–Crippen LogP) is 2.15. The monoisotopic (exact) mass is 277 g/mol. The first-order chi connectivity index (χ1) is 9.50. The molecule has 5 nitrogen and oxygen atoms in total. The maximum atomic E-state index is 11.8. The molecule has 1 aliphatic heterocycles. The van der Waals surface area contributed by atoms with Crippen LogP contribution in [0.15, 0.2) is 18.2 Å². The van der Waals surface area contributed by atoms with Gasteiger partial charge in [-0.25, -0.2) is 0 Å². The second-order valence-corrected chi connectivity index (χ2v) is 5.00. The number of carbonyl (C=O) groups excluding carboxylic acids is 2. The highest BCUT2D eigenvalue weighted by atomic mass is 16.7. The first kappa shape index (κ1) is 14.5. The molecule has 0 radical (unpaired) electrons. The molecule has 1 fully saturated rings. The Bertz CT molecular complexity index is 506. The number of esters is 1. The molecule has 1 unspecified atom stereocenters. The minimum Gasteiger partial charge on any atom is -0.465 e. The standard InChI is InChI=1S/C15H19NO4/c1-10-5-4-6-11(2)14(10)16(12(3)17)20-9-13-7-8-19-15(13)18/h4-6,13H,7-9H2,1-3H3. The molecule has 0 N–H and O–H groups in total. The largest absolute Gasteiger partial charge is 0.465 e. The minimum atomic E-state index is -0.291. The van der Waals surface area contributed by atoms with E-state index in [9.17, 15) is 9.59 Å². The molecular weight excluding hydrogens is 258 g/mol. The molecule has 1 amide bonds. The number of carbonyl (C=O) groups is 2. The summed E-state index contributed by atoms with van der Waals surface area (Å²) in [5.41, 5.74) is 2.65. The lowest BCUT2D eigenvalue weighted by Crippen LogP contribution is -2.33. The van der Waals surface area contributed by atoms with Gasteiger partial charge in [-0.3, -0.25) is 14.4 Å². The van der Waals surface area contributed by atoms with Gasteiger partial charge in [-0.15, -0.1) is 0 Å². The van der Waals surface area contributed by atoms with Gasteiger partial charge in [0.15, 0.2) is 0 Å². The molecule has 0 aliphatic carbocycles. The number of hydrogen-bond donors (Lipinski definition) is 0. The molecule has 0 aromatic heterocycles. The van der Waals surface area contributed by atoms with Gasteiger partial charge in [-0.1, -0.05) is 18.2 Å². The normalized spacial score (nSPS) is 17.9. The third kappa shape index (κ3) is 2.99. The number of cyclic esters (lactones) is 1. The zero-order valence-corrected chi connectivity index (χ0v) is 12.0. The van der Waals surface area contributed by atoms with E-state index in [1.165, 1.54) is 12.0 Å². The van der Waals surface area contributed by atoms with Gasteiger partial charge in [0.05, 0.1) is 24.8 Å². The highest BCUT2D eigenvalue weighted by molar-refractivity contribution is 5.91. The molecule has 108 valence electrons. The maximum Gasteiger partial charge on any atom is 0.311 e. The Hall–Kier alpha value is -1.88. The molecule has 1 saturated heterocycles. The van der Waals surface area contributed by atoms with Crippen LogP contribution in [-0.2, 0) is 19.2 Å². The Morgan fingerprint density at radius 3 is 2.55 bits per heavy atom. The summed E-state index contributed by atoms with van der Waals surface area (Å²) >= 11 is 0. The van der Waals surface area contributed by atoms with Crippen LogP contribution in [0.25, 0.3) is 0 Å². The van der Waals surface area contributed by atoms with Crippen LogP contribution < -0.4 is 5.06 Å². The average molecular weight is 277 g/mol. The van der Waals surface area contributed by atoms with Crippen LogP contribution in [0.3, 0.4) is 0 Å². The van der Waals surface area contributed by atoms with Gasteiger partial charge in [0, 0.05) is 6.92 Å². The zero-order chi connectivity index (χ0) is 14.7. The summed E-state index contributed by atoms with van der Waals surface area (Å²) in [4.78, 5) is 28.8. The molecular formula is C15H19NO4. The summed E-state index contributed by atoms with van der Waals surface area (Å²) in [6.45, 7) is 5.87. The van der Waals surface area contributed by atoms with Gasteiger partial charge in [0.2, 0.25) is 5.91 Å². The number of nitrogens with zero attached hydrogens (tertiary/aromatic N) is 1. The van der Waals surface area contributed by atoms with Crippen molar-refractivity contribution in [3.05, 3.63) is 29.3 Å². The lowest BCUT2D eigenvalue weighted by atomic mass is 10.1. The summed E-state index contributed by atoms with van der Waals surface area (Å²) in [5.74, 6) is -0.759. The third-order valence-corrected chi connectivity index (χ3v) is 3.38. The molecule has 0 spiro atoms. The average Bonchev–Trinajstić information content (AvgIpc) is 2.78. The summed E-state index contributed by atoms with van der Waals surface area (Å²) in [6, 6.07) is 5.78. The number of hydroxylamine groups is 1.